The molecule has 0 heterocycles. The summed E-state index contributed by atoms with van der Waals surface area (Å²) in [7, 11) is 0. The molecule has 22 heavy (non-hydrogen) atoms. The Hall–Kier alpha value is -1.46. The molecule has 0 saturated heterocycles. The number of ether oxygens (including phenoxy) is 2. The molecule has 3 unspecified atom stereocenters. The molecule has 0 N–H and O–H groups in total. The van der Waals surface area contributed by atoms with Gasteiger partial charge in [-0.1, -0.05) is 13.5 Å². The zero-order valence-electron chi connectivity index (χ0n) is 12.9. The van der Waals surface area contributed by atoms with E-state index in [0.29, 0.717) is 12.3 Å². The van der Waals surface area contributed by atoms with Crippen LogP contribution in [-0.2, 0) is 19.1 Å². The summed E-state index contributed by atoms with van der Waals surface area (Å²) in [6, 6.07) is 0. The Morgan fingerprint density at radius 3 is 2.45 bits per heavy atom. The first kappa shape index (κ1) is 16.9. The van der Waals surface area contributed by atoms with E-state index in [0.717, 1.165) is 19.3 Å². The number of halogens is 2. The van der Waals surface area contributed by atoms with Gasteiger partial charge in [-0.15, -0.1) is 0 Å². The van der Waals surface area contributed by atoms with Crippen LogP contribution in [0, 0.1) is 11.8 Å². The highest BCUT2D eigenvalue weighted by Crippen LogP contribution is 2.46. The molecule has 4 nitrogen and oxygen atoms in total. The van der Waals surface area contributed by atoms with Crippen LogP contribution in [0.4, 0.5) is 8.78 Å². The highest BCUT2D eigenvalue weighted by Gasteiger charge is 2.53. The van der Waals surface area contributed by atoms with Gasteiger partial charge in [-0.3, -0.25) is 0 Å². The Labute approximate surface area is 128 Å². The van der Waals surface area contributed by atoms with Crippen LogP contribution in [0.1, 0.15) is 46.0 Å². The summed E-state index contributed by atoms with van der Waals surface area (Å²) < 4.78 is 38.2. The second-order valence-electron chi connectivity index (χ2n) is 6.32. The van der Waals surface area contributed by atoms with Crippen molar-refractivity contribution in [3.8, 4) is 0 Å². The van der Waals surface area contributed by atoms with E-state index in [4.69, 9.17) is 4.74 Å². The maximum Gasteiger partial charge on any atom is 0.381 e. The minimum atomic E-state index is -3.85. The lowest BCUT2D eigenvalue weighted by Crippen LogP contribution is -2.46. The molecule has 0 radical (unpaired) electrons. The molecule has 4 atom stereocenters. The predicted octanol–water partition coefficient (Wildman–Crippen LogP) is 3.25. The third-order valence-corrected chi connectivity index (χ3v) is 4.58. The number of hydrogen-bond acceptors (Lipinski definition) is 4. The SMILES string of the molecule is C=C(C)C(=O)OC(CC)C(F)(F)C(=O)O[C@@H]1CC2CCC1C2. The van der Waals surface area contributed by atoms with Crippen LogP contribution in [0.3, 0.4) is 0 Å². The van der Waals surface area contributed by atoms with Gasteiger partial charge >= 0.3 is 17.9 Å². The Kier molecular flexibility index (Phi) is 4.87. The predicted molar refractivity (Wildman–Crippen MR) is 75.3 cm³/mol. The van der Waals surface area contributed by atoms with E-state index in [2.05, 4.69) is 11.3 Å². The van der Waals surface area contributed by atoms with Crippen LogP contribution >= 0.6 is 0 Å². The van der Waals surface area contributed by atoms with Gasteiger partial charge in [0.15, 0.2) is 6.10 Å². The molecule has 6 heteroatoms. The van der Waals surface area contributed by atoms with Crippen molar-refractivity contribution in [3.63, 3.8) is 0 Å². The molecule has 2 aliphatic carbocycles. The minimum absolute atomic E-state index is 0.00993. The Morgan fingerprint density at radius 1 is 1.32 bits per heavy atom. The van der Waals surface area contributed by atoms with Crippen molar-refractivity contribution in [2.75, 3.05) is 0 Å². The van der Waals surface area contributed by atoms with Gasteiger partial charge in [0.05, 0.1) is 0 Å². The van der Waals surface area contributed by atoms with E-state index in [9.17, 15) is 18.4 Å². The zero-order valence-corrected chi connectivity index (χ0v) is 12.9. The van der Waals surface area contributed by atoms with Crippen LogP contribution in [0.2, 0.25) is 0 Å². The number of carbonyl (C=O) groups is 2. The summed E-state index contributed by atoms with van der Waals surface area (Å²) in [5.41, 5.74) is 0.00993. The Bertz CT molecular complexity index is 475. The van der Waals surface area contributed by atoms with Crippen molar-refractivity contribution < 1.29 is 27.8 Å². The zero-order chi connectivity index (χ0) is 16.5. The first-order valence-corrected chi connectivity index (χ1v) is 7.71. The van der Waals surface area contributed by atoms with Crippen molar-refractivity contribution in [1.29, 1.82) is 0 Å². The molecule has 2 bridgehead atoms. The average molecular weight is 316 g/mol. The third-order valence-electron chi connectivity index (χ3n) is 4.58. The van der Waals surface area contributed by atoms with E-state index in [-0.39, 0.29) is 17.9 Å². The topological polar surface area (TPSA) is 52.6 Å². The molecule has 2 aliphatic rings. The van der Waals surface area contributed by atoms with Gasteiger partial charge in [-0.25, -0.2) is 9.59 Å². The van der Waals surface area contributed by atoms with Crippen molar-refractivity contribution in [2.45, 2.75) is 64.1 Å². The monoisotopic (exact) mass is 316 g/mol. The van der Waals surface area contributed by atoms with E-state index in [1.165, 1.54) is 13.8 Å². The fourth-order valence-corrected chi connectivity index (χ4v) is 3.32. The first-order valence-electron chi connectivity index (χ1n) is 7.71. The molecule has 124 valence electrons. The smallest absolute Gasteiger partial charge is 0.381 e. The molecular weight excluding hydrogens is 294 g/mol. The lowest BCUT2D eigenvalue weighted by molar-refractivity contribution is -0.202. The molecule has 0 aliphatic heterocycles. The van der Waals surface area contributed by atoms with Gasteiger partial charge in [0.25, 0.3) is 0 Å². The Balaban J connectivity index is 1.98. The Morgan fingerprint density at radius 2 is 2.00 bits per heavy atom. The maximum absolute atomic E-state index is 14.2. The molecule has 2 saturated carbocycles. The number of fused-ring (bicyclic) bond motifs is 2. The normalized spacial score (nSPS) is 28.3. The molecular formula is C16H22F2O4. The van der Waals surface area contributed by atoms with E-state index in [1.54, 1.807) is 0 Å². The second kappa shape index (κ2) is 6.34. The summed E-state index contributed by atoms with van der Waals surface area (Å²) >= 11 is 0. The van der Waals surface area contributed by atoms with Gasteiger partial charge in [-0.05, 0) is 50.9 Å². The summed E-state index contributed by atoms with van der Waals surface area (Å²) in [5.74, 6) is -5.69. The van der Waals surface area contributed by atoms with Crippen LogP contribution in [-0.4, -0.2) is 30.1 Å². The van der Waals surface area contributed by atoms with E-state index >= 15 is 0 Å². The molecule has 0 aromatic heterocycles. The number of hydrogen-bond donors (Lipinski definition) is 0. The van der Waals surface area contributed by atoms with Crippen molar-refractivity contribution >= 4 is 11.9 Å². The second-order valence-corrected chi connectivity index (χ2v) is 6.32. The van der Waals surface area contributed by atoms with Gasteiger partial charge in [0, 0.05) is 5.57 Å². The van der Waals surface area contributed by atoms with E-state index < -0.39 is 30.1 Å². The highest BCUT2D eigenvalue weighted by molar-refractivity contribution is 5.87. The van der Waals surface area contributed by atoms with Crippen LogP contribution < -0.4 is 0 Å². The summed E-state index contributed by atoms with van der Waals surface area (Å²) in [6.45, 7) is 6.13. The number of rotatable bonds is 6. The summed E-state index contributed by atoms with van der Waals surface area (Å²) in [5, 5.41) is 0. The lowest BCUT2D eigenvalue weighted by Gasteiger charge is -2.28. The fraction of sp³-hybridized carbons (Fsp3) is 0.750. The molecule has 0 amide bonds. The largest absolute Gasteiger partial charge is 0.458 e. The number of esters is 2. The fourth-order valence-electron chi connectivity index (χ4n) is 3.32. The highest BCUT2D eigenvalue weighted by atomic mass is 19.3. The van der Waals surface area contributed by atoms with Crippen LogP contribution in [0.25, 0.3) is 0 Å². The van der Waals surface area contributed by atoms with Gasteiger partial charge in [-0.2, -0.15) is 8.78 Å². The van der Waals surface area contributed by atoms with Crippen molar-refractivity contribution in [2.24, 2.45) is 11.8 Å². The molecule has 2 rings (SSSR count). The third kappa shape index (κ3) is 3.31. The van der Waals surface area contributed by atoms with Crippen molar-refractivity contribution in [3.05, 3.63) is 12.2 Å². The van der Waals surface area contributed by atoms with Gasteiger partial charge in [0.1, 0.15) is 6.10 Å². The van der Waals surface area contributed by atoms with Crippen molar-refractivity contribution in [1.82, 2.24) is 0 Å². The maximum atomic E-state index is 14.2. The quantitative estimate of drug-likeness (QED) is 0.557. The van der Waals surface area contributed by atoms with Crippen LogP contribution in [0.15, 0.2) is 12.2 Å². The molecule has 0 aromatic rings. The van der Waals surface area contributed by atoms with E-state index in [1.807, 2.05) is 0 Å². The standard InChI is InChI=1S/C16H22F2O4/c1-4-13(22-14(19)9(2)3)16(17,18)15(20)21-12-8-10-5-6-11(12)7-10/h10-13H,2,4-8H2,1,3H3/t10?,11?,12-,13?/m1/s1. The number of carbonyl (C=O) groups excluding carboxylic acids is 2. The lowest BCUT2D eigenvalue weighted by atomic mass is 9.97. The average Bonchev–Trinajstić information content (AvgIpc) is 3.06. The summed E-state index contributed by atoms with van der Waals surface area (Å²) in [4.78, 5) is 23.3. The van der Waals surface area contributed by atoms with Crippen LogP contribution in [0.5, 0.6) is 0 Å². The number of alkyl halides is 2. The first-order chi connectivity index (χ1) is 10.3. The van der Waals surface area contributed by atoms with Gasteiger partial charge in [0.2, 0.25) is 0 Å². The van der Waals surface area contributed by atoms with Gasteiger partial charge < -0.3 is 9.47 Å². The molecule has 2 fully saturated rings. The minimum Gasteiger partial charge on any atom is -0.458 e. The summed E-state index contributed by atoms with van der Waals surface area (Å²) in [6.07, 6.45) is 1.19. The molecule has 0 aromatic carbocycles. The molecule has 0 spiro atoms.